The smallest absolute Gasteiger partial charge is 0.221 e. The van der Waals surface area contributed by atoms with E-state index in [2.05, 4.69) is 16.0 Å². The van der Waals surface area contributed by atoms with E-state index in [1.807, 2.05) is 0 Å². The van der Waals surface area contributed by atoms with Crippen molar-refractivity contribution in [2.24, 2.45) is 0 Å². The molecular formula is C37H65N3O25. The van der Waals surface area contributed by atoms with Crippen molar-refractivity contribution in [2.45, 2.75) is 157 Å². The molecule has 0 spiro atoms. The molecule has 2 fully saturated rings. The molecule has 2 heterocycles. The number of ether oxygens (including phenoxy) is 6. The van der Waals surface area contributed by atoms with Gasteiger partial charge in [-0.1, -0.05) is 0 Å². The molecule has 0 saturated carbocycles. The van der Waals surface area contributed by atoms with Gasteiger partial charge in [-0.25, -0.2) is 0 Å². The Bertz CT molecular complexity index is 1560. The Kier molecular flexibility index (Phi) is 24.3. The third kappa shape index (κ3) is 16.4. The maximum atomic E-state index is 12.2. The van der Waals surface area contributed by atoms with Crippen molar-refractivity contribution in [3.05, 3.63) is 23.0 Å². The summed E-state index contributed by atoms with van der Waals surface area (Å²) in [5, 5.41) is 173. The number of hydrogen-bond acceptors (Lipinski definition) is 25. The standard InChI is InChI=1S/C37H65N3O25/c1-13(45)22(38-14(2)46)27(53)19(6-9-42)61-36-24(40-16(4)48)29(55)32(21(12-44)63-36)64-35(59)31(57)26(52)18(50)7-10-60-37-33(30(56)28(54)20(11-43)62-37)65-34(58)23(39-15(3)47)25(51)17(49)5-8-41/h13,17-21,23-25,28-30,32-37,41-45,49-59H,5-12H2,1-4H3,(H,38,46)(H,39,47)(H,40,48)/b27-22-,31-26+/t13-,17+,18+,19+,20?,21?,23?,24?,25?,28+,29?,30?,32+,33?,34-,35-,36+,37-/m0/s1. The molecule has 2 saturated heterocycles. The van der Waals surface area contributed by atoms with Crippen LogP contribution in [0.2, 0.25) is 0 Å². The molecule has 0 aliphatic carbocycles. The minimum absolute atomic E-state index is 0.394. The Morgan fingerprint density at radius 2 is 1.26 bits per heavy atom. The van der Waals surface area contributed by atoms with Crippen molar-refractivity contribution in [3.63, 3.8) is 0 Å². The highest BCUT2D eigenvalue weighted by atomic mass is 16.7. The first-order chi connectivity index (χ1) is 30.4. The van der Waals surface area contributed by atoms with E-state index in [0.717, 1.165) is 20.8 Å². The fourth-order valence-electron chi connectivity index (χ4n) is 6.66. The number of carbonyl (C=O) groups excluding carboxylic acids is 3. The topological polar surface area (TPSA) is 466 Å². The average Bonchev–Trinajstić information content (AvgIpc) is 3.24. The normalized spacial score (nSPS) is 30.6. The van der Waals surface area contributed by atoms with Crippen LogP contribution < -0.4 is 16.0 Å². The van der Waals surface area contributed by atoms with E-state index in [1.165, 1.54) is 6.92 Å². The molecule has 378 valence electrons. The van der Waals surface area contributed by atoms with Crippen LogP contribution in [0.4, 0.5) is 0 Å². The Morgan fingerprint density at radius 3 is 1.78 bits per heavy atom. The van der Waals surface area contributed by atoms with Crippen LogP contribution in [0.25, 0.3) is 0 Å². The quantitative estimate of drug-likeness (QED) is 0.0283. The van der Waals surface area contributed by atoms with Crippen molar-refractivity contribution < 1.29 is 125 Å². The van der Waals surface area contributed by atoms with E-state index in [4.69, 9.17) is 33.5 Å². The monoisotopic (exact) mass is 951 g/mol. The Hall–Kier alpha value is -3.47. The number of carbonyl (C=O) groups is 3. The second-order valence-electron chi connectivity index (χ2n) is 15.1. The van der Waals surface area contributed by atoms with Gasteiger partial charge in [-0.15, -0.1) is 0 Å². The SMILES string of the molecule is CC(=O)N/C(=C(\O)[C@@H](CCO)O[C@@H]1OC(CO)[C@@H](O[C@H](O)/C(O)=C(\O)[C@H](O)CCO[C@H]2OC(CO)[C@@H](O)C(O)C2O[C@H](O)C(NC(C)=O)C(O)[C@H](O)CCO)C(O)C1NC(C)=O)[C@H](C)O. The van der Waals surface area contributed by atoms with E-state index in [0.29, 0.717) is 0 Å². The van der Waals surface area contributed by atoms with E-state index in [-0.39, 0.29) is 0 Å². The van der Waals surface area contributed by atoms with Gasteiger partial charge >= 0.3 is 0 Å². The van der Waals surface area contributed by atoms with Crippen molar-refractivity contribution in [3.8, 4) is 0 Å². The van der Waals surface area contributed by atoms with E-state index in [9.17, 15) is 91.0 Å². The van der Waals surface area contributed by atoms with Crippen molar-refractivity contribution in [1.29, 1.82) is 0 Å². The fourth-order valence-corrected chi connectivity index (χ4v) is 6.66. The highest BCUT2D eigenvalue weighted by molar-refractivity contribution is 5.75. The van der Waals surface area contributed by atoms with Crippen LogP contribution >= 0.6 is 0 Å². The van der Waals surface area contributed by atoms with E-state index >= 15 is 0 Å². The van der Waals surface area contributed by atoms with Crippen molar-refractivity contribution in [1.82, 2.24) is 16.0 Å². The third-order valence-electron chi connectivity index (χ3n) is 9.98. The first kappa shape index (κ1) is 57.7. The van der Waals surface area contributed by atoms with Crippen molar-refractivity contribution >= 4 is 17.7 Å². The van der Waals surface area contributed by atoms with Gasteiger partial charge in [0.1, 0.15) is 78.9 Å². The van der Waals surface area contributed by atoms with Gasteiger partial charge in [-0.05, 0) is 13.3 Å². The third-order valence-corrected chi connectivity index (χ3v) is 9.98. The van der Waals surface area contributed by atoms with Gasteiger partial charge in [0.15, 0.2) is 30.4 Å². The molecule has 0 aromatic heterocycles. The summed E-state index contributed by atoms with van der Waals surface area (Å²) < 4.78 is 33.1. The number of hydrogen-bond donors (Lipinski definition) is 19. The molecule has 0 aromatic rings. The van der Waals surface area contributed by atoms with Crippen LogP contribution in [0.15, 0.2) is 23.0 Å². The van der Waals surface area contributed by atoms with Gasteiger partial charge in [0.05, 0.1) is 37.7 Å². The number of rotatable bonds is 26. The molecule has 65 heavy (non-hydrogen) atoms. The zero-order valence-electron chi connectivity index (χ0n) is 35.9. The predicted octanol–water partition coefficient (Wildman–Crippen LogP) is -7.83. The second-order valence-corrected chi connectivity index (χ2v) is 15.1. The Morgan fingerprint density at radius 1 is 0.662 bits per heavy atom. The molecule has 0 bridgehead atoms. The first-order valence-electron chi connectivity index (χ1n) is 20.3. The summed E-state index contributed by atoms with van der Waals surface area (Å²) in [5.74, 6) is -5.90. The maximum absolute atomic E-state index is 12.2. The summed E-state index contributed by atoms with van der Waals surface area (Å²) in [6, 6.07) is -3.47. The lowest BCUT2D eigenvalue weighted by molar-refractivity contribution is -0.334. The molecule has 3 amide bonds. The fraction of sp³-hybridized carbons (Fsp3) is 0.811. The molecular weight excluding hydrogens is 886 g/mol. The maximum Gasteiger partial charge on any atom is 0.221 e. The minimum Gasteiger partial charge on any atom is -0.508 e. The molecule has 2 aliphatic heterocycles. The molecule has 2 aliphatic rings. The van der Waals surface area contributed by atoms with Crippen LogP contribution in [0.3, 0.4) is 0 Å². The summed E-state index contributed by atoms with van der Waals surface area (Å²) in [4.78, 5) is 35.7. The number of amides is 3. The zero-order chi connectivity index (χ0) is 49.5. The summed E-state index contributed by atoms with van der Waals surface area (Å²) in [6.45, 7) is 0.448. The average molecular weight is 952 g/mol. The highest BCUT2D eigenvalue weighted by Gasteiger charge is 2.50. The molecule has 2 rings (SSSR count). The van der Waals surface area contributed by atoms with Gasteiger partial charge in [0, 0.05) is 46.8 Å². The van der Waals surface area contributed by atoms with Gasteiger partial charge in [-0.2, -0.15) is 0 Å². The molecule has 0 aromatic carbocycles. The van der Waals surface area contributed by atoms with Gasteiger partial charge in [0.2, 0.25) is 24.0 Å². The Labute approximate surface area is 371 Å². The molecule has 8 unspecified atom stereocenters. The number of aliphatic hydroxyl groups is 16. The second kappa shape index (κ2) is 27.4. The van der Waals surface area contributed by atoms with Crippen molar-refractivity contribution in [2.75, 3.05) is 33.0 Å². The summed E-state index contributed by atoms with van der Waals surface area (Å²) in [7, 11) is 0. The van der Waals surface area contributed by atoms with Crippen LogP contribution in [0.5, 0.6) is 0 Å². The van der Waals surface area contributed by atoms with Gasteiger partial charge in [-0.3, -0.25) is 14.4 Å². The van der Waals surface area contributed by atoms with E-state index in [1.54, 1.807) is 0 Å². The molecule has 28 nitrogen and oxygen atoms in total. The summed E-state index contributed by atoms with van der Waals surface area (Å²) in [6.07, 6.45) is -31.7. The Balaban J connectivity index is 2.28. The highest BCUT2D eigenvalue weighted by Crippen LogP contribution is 2.30. The minimum atomic E-state index is -2.61. The van der Waals surface area contributed by atoms with E-state index < -0.39 is 203 Å². The van der Waals surface area contributed by atoms with Gasteiger partial charge < -0.3 is 126 Å². The van der Waals surface area contributed by atoms with Gasteiger partial charge in [0.25, 0.3) is 0 Å². The predicted molar refractivity (Wildman–Crippen MR) is 211 cm³/mol. The first-order valence-corrected chi connectivity index (χ1v) is 20.3. The lowest BCUT2D eigenvalue weighted by Crippen LogP contribution is -2.66. The lowest BCUT2D eigenvalue weighted by atomic mass is 9.96. The summed E-state index contributed by atoms with van der Waals surface area (Å²) >= 11 is 0. The van der Waals surface area contributed by atoms with Crippen LogP contribution in [-0.4, -0.2) is 243 Å². The molecule has 18 atom stereocenters. The van der Waals surface area contributed by atoms with Crippen LogP contribution in [-0.2, 0) is 42.8 Å². The largest absolute Gasteiger partial charge is 0.508 e. The molecule has 0 radical (unpaired) electrons. The number of aliphatic hydroxyl groups excluding tert-OH is 16. The van der Waals surface area contributed by atoms with Crippen LogP contribution in [0, 0.1) is 0 Å². The number of nitrogens with one attached hydrogen (secondary N) is 3. The molecule has 28 heteroatoms. The lowest BCUT2D eigenvalue weighted by Gasteiger charge is -2.45. The molecule has 19 N–H and O–H groups in total. The summed E-state index contributed by atoms with van der Waals surface area (Å²) in [5.41, 5.74) is -0.421. The van der Waals surface area contributed by atoms with Crippen LogP contribution in [0.1, 0.15) is 47.0 Å². The zero-order valence-corrected chi connectivity index (χ0v) is 35.9.